The molecule has 1 aliphatic heterocycles. The summed E-state index contributed by atoms with van der Waals surface area (Å²) in [5, 5.41) is 12.2. The molecular weight excluding hydrogens is 284 g/mol. The Morgan fingerprint density at radius 3 is 2.60 bits per heavy atom. The zero-order valence-corrected chi connectivity index (χ0v) is 10.9. The highest BCUT2D eigenvalue weighted by Crippen LogP contribution is 2.23. The molecule has 7 nitrogen and oxygen atoms in total. The van der Waals surface area contributed by atoms with Crippen LogP contribution in [-0.4, -0.2) is 33.4 Å². The maximum absolute atomic E-state index is 11.8. The van der Waals surface area contributed by atoms with Crippen LogP contribution < -0.4 is 10.6 Å². The normalized spacial score (nSPS) is 17.7. The zero-order chi connectivity index (χ0) is 14.7. The summed E-state index contributed by atoms with van der Waals surface area (Å²) in [4.78, 5) is 45.1. The minimum absolute atomic E-state index is 0.0412. The minimum Gasteiger partial charge on any atom is -0.478 e. The maximum atomic E-state index is 11.8. The lowest BCUT2D eigenvalue weighted by Crippen LogP contribution is -2.27. The van der Waals surface area contributed by atoms with Crippen molar-refractivity contribution in [3.63, 3.8) is 0 Å². The van der Waals surface area contributed by atoms with E-state index in [2.05, 4.69) is 10.6 Å². The van der Waals surface area contributed by atoms with Gasteiger partial charge in [-0.15, -0.1) is 0 Å². The monoisotopic (exact) mass is 294 g/mol. The van der Waals surface area contributed by atoms with Crippen LogP contribution in [0.5, 0.6) is 0 Å². The zero-order valence-electron chi connectivity index (χ0n) is 10.1. The molecule has 1 aromatic carbocycles. The third kappa shape index (κ3) is 3.15. The van der Waals surface area contributed by atoms with Gasteiger partial charge in [0.2, 0.25) is 11.8 Å². The smallest absolute Gasteiger partial charge is 0.337 e. The number of carboxylic acid groups (broad SMARTS) is 1. The number of amides is 3. The average Bonchev–Trinajstić information content (AvgIpc) is 2.68. The van der Waals surface area contributed by atoms with Crippen molar-refractivity contribution in [2.24, 2.45) is 0 Å². The molecule has 1 aliphatic rings. The maximum Gasteiger partial charge on any atom is 0.337 e. The van der Waals surface area contributed by atoms with E-state index in [4.69, 9.17) is 5.11 Å². The number of hydrogen-bond donors (Lipinski definition) is 3. The molecule has 3 amide bonds. The van der Waals surface area contributed by atoms with Gasteiger partial charge in [0.25, 0.3) is 5.24 Å². The van der Waals surface area contributed by atoms with E-state index < -0.39 is 28.3 Å². The highest BCUT2D eigenvalue weighted by atomic mass is 32.2. The highest BCUT2D eigenvalue weighted by molar-refractivity contribution is 8.15. The number of imide groups is 1. The lowest BCUT2D eigenvalue weighted by molar-refractivity contribution is -0.122. The number of carboxylic acids is 1. The summed E-state index contributed by atoms with van der Waals surface area (Å²) in [6.45, 7) is 0. The first-order valence-corrected chi connectivity index (χ1v) is 6.49. The molecule has 1 fully saturated rings. The summed E-state index contributed by atoms with van der Waals surface area (Å²) in [7, 11) is 0. The van der Waals surface area contributed by atoms with E-state index in [1.807, 2.05) is 0 Å². The van der Waals surface area contributed by atoms with Gasteiger partial charge in [-0.2, -0.15) is 0 Å². The third-order valence-electron chi connectivity index (χ3n) is 2.57. The van der Waals surface area contributed by atoms with Crippen molar-refractivity contribution in [2.45, 2.75) is 11.7 Å². The van der Waals surface area contributed by atoms with Crippen LogP contribution in [-0.2, 0) is 9.59 Å². The number of para-hydroxylation sites is 1. The van der Waals surface area contributed by atoms with Crippen molar-refractivity contribution in [1.82, 2.24) is 5.32 Å². The Hall–Kier alpha value is -2.35. The Morgan fingerprint density at radius 2 is 2.00 bits per heavy atom. The van der Waals surface area contributed by atoms with Crippen molar-refractivity contribution >= 4 is 40.5 Å². The molecule has 1 saturated heterocycles. The number of nitrogens with one attached hydrogen (secondary N) is 2. The van der Waals surface area contributed by atoms with Crippen LogP contribution in [0.15, 0.2) is 24.3 Å². The average molecular weight is 294 g/mol. The largest absolute Gasteiger partial charge is 0.478 e. The molecule has 0 saturated carbocycles. The van der Waals surface area contributed by atoms with Crippen LogP contribution in [0.25, 0.3) is 0 Å². The van der Waals surface area contributed by atoms with Gasteiger partial charge in [0, 0.05) is 6.42 Å². The topological polar surface area (TPSA) is 113 Å². The Balaban J connectivity index is 2.04. The molecule has 0 aliphatic carbocycles. The molecule has 20 heavy (non-hydrogen) atoms. The second-order valence-electron chi connectivity index (χ2n) is 3.99. The quantitative estimate of drug-likeness (QED) is 0.765. The van der Waals surface area contributed by atoms with E-state index >= 15 is 0 Å². The van der Waals surface area contributed by atoms with Gasteiger partial charge in [0.15, 0.2) is 0 Å². The third-order valence-corrected chi connectivity index (χ3v) is 3.55. The first-order valence-electron chi connectivity index (χ1n) is 5.61. The summed E-state index contributed by atoms with van der Waals surface area (Å²) in [6.07, 6.45) is -0.198. The van der Waals surface area contributed by atoms with Gasteiger partial charge < -0.3 is 10.4 Å². The molecule has 0 radical (unpaired) electrons. The molecule has 0 aromatic heterocycles. The second-order valence-corrected chi connectivity index (χ2v) is 5.16. The summed E-state index contributed by atoms with van der Waals surface area (Å²) in [5.41, 5.74) is 0.111. The minimum atomic E-state index is -1.16. The van der Waals surface area contributed by atoms with Gasteiger partial charge in [-0.3, -0.25) is 19.7 Å². The number of hydrogen-bond acceptors (Lipinski definition) is 5. The SMILES string of the molecule is O=C(CC1SC(=O)NC1=O)Nc1ccccc1C(=O)O. The Morgan fingerprint density at radius 1 is 1.30 bits per heavy atom. The van der Waals surface area contributed by atoms with E-state index in [1.165, 1.54) is 18.2 Å². The van der Waals surface area contributed by atoms with Gasteiger partial charge in [-0.25, -0.2) is 4.79 Å². The summed E-state index contributed by atoms with van der Waals surface area (Å²) in [6, 6.07) is 5.94. The lowest BCUT2D eigenvalue weighted by Gasteiger charge is -2.09. The van der Waals surface area contributed by atoms with Crippen LogP contribution in [0, 0.1) is 0 Å². The highest BCUT2D eigenvalue weighted by Gasteiger charge is 2.33. The fraction of sp³-hybridized carbons (Fsp3) is 0.167. The van der Waals surface area contributed by atoms with Crippen molar-refractivity contribution < 1.29 is 24.3 Å². The van der Waals surface area contributed by atoms with Crippen molar-refractivity contribution in [2.75, 3.05) is 5.32 Å². The predicted molar refractivity (Wildman–Crippen MR) is 71.6 cm³/mol. The molecule has 1 heterocycles. The molecular formula is C12H10N2O5S. The first-order chi connectivity index (χ1) is 9.47. The fourth-order valence-corrected chi connectivity index (χ4v) is 2.49. The Bertz CT molecular complexity index is 601. The van der Waals surface area contributed by atoms with Gasteiger partial charge in [-0.1, -0.05) is 23.9 Å². The van der Waals surface area contributed by atoms with E-state index in [9.17, 15) is 19.2 Å². The Labute approximate surface area is 117 Å². The van der Waals surface area contributed by atoms with Gasteiger partial charge in [-0.05, 0) is 12.1 Å². The van der Waals surface area contributed by atoms with E-state index in [-0.39, 0.29) is 17.7 Å². The standard InChI is InChI=1S/C12H10N2O5S/c15-9(5-8-10(16)14-12(19)20-8)13-7-4-2-1-3-6(7)11(17)18/h1-4,8H,5H2,(H,13,15)(H,17,18)(H,14,16,19). The van der Waals surface area contributed by atoms with E-state index in [1.54, 1.807) is 6.07 Å². The number of thioether (sulfide) groups is 1. The summed E-state index contributed by atoms with van der Waals surface area (Å²) < 4.78 is 0. The number of carbonyl (C=O) groups is 4. The molecule has 1 atom stereocenters. The first kappa shape index (κ1) is 14.1. The number of anilines is 1. The van der Waals surface area contributed by atoms with Crippen molar-refractivity contribution in [3.05, 3.63) is 29.8 Å². The van der Waals surface area contributed by atoms with Crippen LogP contribution in [0.3, 0.4) is 0 Å². The van der Waals surface area contributed by atoms with E-state index in [0.717, 1.165) is 11.8 Å². The van der Waals surface area contributed by atoms with Crippen LogP contribution in [0.1, 0.15) is 16.8 Å². The summed E-state index contributed by atoms with van der Waals surface area (Å²) >= 11 is 0.746. The van der Waals surface area contributed by atoms with Gasteiger partial charge in [0.05, 0.1) is 11.3 Å². The van der Waals surface area contributed by atoms with Gasteiger partial charge >= 0.3 is 5.97 Å². The summed E-state index contributed by atoms with van der Waals surface area (Å²) in [5.74, 6) is -2.20. The van der Waals surface area contributed by atoms with Crippen molar-refractivity contribution in [3.8, 4) is 0 Å². The van der Waals surface area contributed by atoms with Crippen molar-refractivity contribution in [1.29, 1.82) is 0 Å². The molecule has 3 N–H and O–H groups in total. The van der Waals surface area contributed by atoms with Crippen LogP contribution >= 0.6 is 11.8 Å². The molecule has 1 aromatic rings. The Kier molecular flexibility index (Phi) is 4.04. The number of aromatic carboxylic acids is 1. The molecule has 0 spiro atoms. The number of rotatable bonds is 4. The molecule has 104 valence electrons. The van der Waals surface area contributed by atoms with Crippen LogP contribution in [0.2, 0.25) is 0 Å². The van der Waals surface area contributed by atoms with Gasteiger partial charge in [0.1, 0.15) is 5.25 Å². The second kappa shape index (κ2) is 5.74. The number of benzene rings is 1. The molecule has 0 bridgehead atoms. The molecule has 2 rings (SSSR count). The fourth-order valence-electron chi connectivity index (χ4n) is 1.68. The predicted octanol–water partition coefficient (Wildman–Crippen LogP) is 1.06. The molecule has 1 unspecified atom stereocenters. The molecule has 8 heteroatoms. The van der Waals surface area contributed by atoms with Crippen LogP contribution in [0.4, 0.5) is 10.5 Å². The number of carbonyl (C=O) groups excluding carboxylic acids is 3. The lowest BCUT2D eigenvalue weighted by atomic mass is 10.1. The van der Waals surface area contributed by atoms with E-state index in [0.29, 0.717) is 0 Å².